The number of hydrogen-bond acceptors (Lipinski definition) is 3. The zero-order valence-corrected chi connectivity index (χ0v) is 12.2. The monoisotopic (exact) mass is 255 g/mol. The molecular formula is C14H29N3O. The molecule has 4 nitrogen and oxygen atoms in total. The fourth-order valence-corrected chi connectivity index (χ4v) is 2.61. The minimum atomic E-state index is -0.0126. The summed E-state index contributed by atoms with van der Waals surface area (Å²) in [5.41, 5.74) is 0. The van der Waals surface area contributed by atoms with Crippen molar-refractivity contribution in [3.8, 4) is 0 Å². The molecule has 0 aromatic carbocycles. The largest absolute Gasteiger partial charge is 0.355 e. The lowest BCUT2D eigenvalue weighted by molar-refractivity contribution is -0.127. The molecule has 0 spiro atoms. The molecule has 1 heterocycles. The molecule has 4 heteroatoms. The third kappa shape index (κ3) is 4.58. The van der Waals surface area contributed by atoms with Crippen LogP contribution in [-0.2, 0) is 4.79 Å². The van der Waals surface area contributed by atoms with Crippen molar-refractivity contribution in [2.75, 3.05) is 26.2 Å². The third-order valence-corrected chi connectivity index (χ3v) is 3.65. The first-order valence-electron chi connectivity index (χ1n) is 7.44. The van der Waals surface area contributed by atoms with Gasteiger partial charge in [-0.2, -0.15) is 0 Å². The van der Waals surface area contributed by atoms with Crippen LogP contribution in [0.3, 0.4) is 0 Å². The second-order valence-electron chi connectivity index (χ2n) is 5.21. The molecule has 2 N–H and O–H groups in total. The third-order valence-electron chi connectivity index (χ3n) is 3.65. The Kier molecular flexibility index (Phi) is 7.28. The lowest BCUT2D eigenvalue weighted by atomic mass is 10.0. The average molecular weight is 255 g/mol. The van der Waals surface area contributed by atoms with Crippen LogP contribution in [0, 0.1) is 0 Å². The fraction of sp³-hybridized carbons (Fsp3) is 0.929. The Labute approximate surface area is 111 Å². The zero-order valence-electron chi connectivity index (χ0n) is 12.2. The Morgan fingerprint density at radius 1 is 1.44 bits per heavy atom. The van der Waals surface area contributed by atoms with Gasteiger partial charge in [-0.3, -0.25) is 9.69 Å². The molecule has 18 heavy (non-hydrogen) atoms. The Morgan fingerprint density at radius 3 is 2.78 bits per heavy atom. The molecule has 1 rings (SSSR count). The van der Waals surface area contributed by atoms with Gasteiger partial charge in [0.15, 0.2) is 0 Å². The van der Waals surface area contributed by atoms with E-state index in [0.717, 1.165) is 39.0 Å². The lowest BCUT2D eigenvalue weighted by Crippen LogP contribution is -2.54. The highest BCUT2D eigenvalue weighted by Gasteiger charge is 2.28. The van der Waals surface area contributed by atoms with Crippen LogP contribution < -0.4 is 10.6 Å². The van der Waals surface area contributed by atoms with Crippen LogP contribution >= 0.6 is 0 Å². The summed E-state index contributed by atoms with van der Waals surface area (Å²) in [6.45, 7) is 10.2. The molecule has 1 aliphatic heterocycles. The maximum atomic E-state index is 12.1. The minimum absolute atomic E-state index is 0.0126. The van der Waals surface area contributed by atoms with Crippen molar-refractivity contribution in [1.82, 2.24) is 15.5 Å². The van der Waals surface area contributed by atoms with Crippen LogP contribution in [0.4, 0.5) is 0 Å². The normalized spacial score (nSPS) is 21.9. The van der Waals surface area contributed by atoms with E-state index in [1.165, 1.54) is 12.8 Å². The second kappa shape index (κ2) is 8.48. The van der Waals surface area contributed by atoms with Crippen molar-refractivity contribution >= 4 is 5.91 Å². The molecule has 0 saturated carbocycles. The van der Waals surface area contributed by atoms with Gasteiger partial charge in [0.2, 0.25) is 5.91 Å². The van der Waals surface area contributed by atoms with Gasteiger partial charge in [-0.15, -0.1) is 0 Å². The fourth-order valence-electron chi connectivity index (χ4n) is 2.61. The van der Waals surface area contributed by atoms with Crippen LogP contribution in [0.1, 0.15) is 46.5 Å². The Balaban J connectivity index is 2.55. The smallest absolute Gasteiger partial charge is 0.237 e. The number of nitrogens with one attached hydrogen (secondary N) is 2. The summed E-state index contributed by atoms with van der Waals surface area (Å²) in [5.74, 6) is 0.177. The highest BCUT2D eigenvalue weighted by Crippen LogP contribution is 2.14. The average Bonchev–Trinajstić information content (AvgIpc) is 2.42. The molecule has 1 fully saturated rings. The van der Waals surface area contributed by atoms with E-state index in [2.05, 4.69) is 29.4 Å². The van der Waals surface area contributed by atoms with Crippen LogP contribution in [0.5, 0.6) is 0 Å². The van der Waals surface area contributed by atoms with Crippen molar-refractivity contribution in [1.29, 1.82) is 0 Å². The topological polar surface area (TPSA) is 44.4 Å². The highest BCUT2D eigenvalue weighted by molar-refractivity contribution is 5.81. The molecule has 0 aromatic heterocycles. The van der Waals surface area contributed by atoms with E-state index < -0.39 is 0 Å². The van der Waals surface area contributed by atoms with E-state index in [9.17, 15) is 4.79 Å². The van der Waals surface area contributed by atoms with E-state index in [0.29, 0.717) is 6.04 Å². The van der Waals surface area contributed by atoms with Gasteiger partial charge >= 0.3 is 0 Å². The van der Waals surface area contributed by atoms with Crippen LogP contribution in [0.2, 0.25) is 0 Å². The molecule has 0 aromatic rings. The van der Waals surface area contributed by atoms with Crippen molar-refractivity contribution < 1.29 is 4.79 Å². The van der Waals surface area contributed by atoms with Gasteiger partial charge < -0.3 is 10.6 Å². The molecule has 1 saturated heterocycles. The first-order chi connectivity index (χ1) is 8.70. The highest BCUT2D eigenvalue weighted by atomic mass is 16.2. The number of piperidine rings is 1. The van der Waals surface area contributed by atoms with Gasteiger partial charge in [0.1, 0.15) is 0 Å². The summed E-state index contributed by atoms with van der Waals surface area (Å²) in [7, 11) is 0. The predicted octanol–water partition coefficient (Wildman–Crippen LogP) is 1.37. The van der Waals surface area contributed by atoms with Gasteiger partial charge in [-0.1, -0.05) is 13.8 Å². The van der Waals surface area contributed by atoms with E-state index in [-0.39, 0.29) is 11.9 Å². The second-order valence-corrected chi connectivity index (χ2v) is 5.21. The summed E-state index contributed by atoms with van der Waals surface area (Å²) in [6.07, 6.45) is 4.52. The summed E-state index contributed by atoms with van der Waals surface area (Å²) >= 11 is 0. The molecule has 0 aliphatic carbocycles. The standard InChI is InChI=1S/C14H29N3O/c1-4-8-16-14(18)12(3)17(10-5-2)13-7-6-9-15-11-13/h12-13,15H,4-11H2,1-3H3,(H,16,18). The molecule has 0 radical (unpaired) electrons. The number of amides is 1. The van der Waals surface area contributed by atoms with Crippen molar-refractivity contribution in [3.05, 3.63) is 0 Å². The van der Waals surface area contributed by atoms with E-state index in [1.807, 2.05) is 6.92 Å². The molecule has 106 valence electrons. The van der Waals surface area contributed by atoms with Crippen molar-refractivity contribution in [3.63, 3.8) is 0 Å². The summed E-state index contributed by atoms with van der Waals surface area (Å²) in [4.78, 5) is 14.5. The van der Waals surface area contributed by atoms with Crippen LogP contribution in [0.15, 0.2) is 0 Å². The molecule has 0 bridgehead atoms. The Hall–Kier alpha value is -0.610. The number of rotatable bonds is 7. The molecule has 1 amide bonds. The molecule has 2 unspecified atom stereocenters. The maximum absolute atomic E-state index is 12.1. The Bertz CT molecular complexity index is 239. The summed E-state index contributed by atoms with van der Waals surface area (Å²) < 4.78 is 0. The number of carbonyl (C=O) groups excluding carboxylic acids is 1. The van der Waals surface area contributed by atoms with Gasteiger partial charge in [-0.25, -0.2) is 0 Å². The van der Waals surface area contributed by atoms with Crippen molar-refractivity contribution in [2.45, 2.75) is 58.5 Å². The quantitative estimate of drug-likeness (QED) is 0.722. The van der Waals surface area contributed by atoms with Crippen LogP contribution in [0.25, 0.3) is 0 Å². The molecule has 1 aliphatic rings. The lowest BCUT2D eigenvalue weighted by Gasteiger charge is -2.38. The number of nitrogens with zero attached hydrogens (tertiary/aromatic N) is 1. The van der Waals surface area contributed by atoms with Crippen molar-refractivity contribution in [2.24, 2.45) is 0 Å². The van der Waals surface area contributed by atoms with E-state index in [4.69, 9.17) is 0 Å². The van der Waals surface area contributed by atoms with Gasteiger partial charge in [-0.05, 0) is 45.7 Å². The number of carbonyl (C=O) groups is 1. The molecular weight excluding hydrogens is 226 g/mol. The van der Waals surface area contributed by atoms with E-state index >= 15 is 0 Å². The minimum Gasteiger partial charge on any atom is -0.355 e. The van der Waals surface area contributed by atoms with Gasteiger partial charge in [0, 0.05) is 19.1 Å². The zero-order chi connectivity index (χ0) is 13.4. The maximum Gasteiger partial charge on any atom is 0.237 e. The summed E-state index contributed by atoms with van der Waals surface area (Å²) in [5, 5.41) is 6.45. The van der Waals surface area contributed by atoms with E-state index in [1.54, 1.807) is 0 Å². The predicted molar refractivity (Wildman–Crippen MR) is 75.7 cm³/mol. The Morgan fingerprint density at radius 2 is 2.22 bits per heavy atom. The first-order valence-corrected chi connectivity index (χ1v) is 7.44. The summed E-state index contributed by atoms with van der Waals surface area (Å²) in [6, 6.07) is 0.502. The SMILES string of the molecule is CCCNC(=O)C(C)N(CCC)C1CCCNC1. The van der Waals surface area contributed by atoms with Gasteiger partial charge in [0.25, 0.3) is 0 Å². The van der Waals surface area contributed by atoms with Gasteiger partial charge in [0.05, 0.1) is 6.04 Å². The first kappa shape index (κ1) is 15.4. The van der Waals surface area contributed by atoms with Crippen LogP contribution in [-0.4, -0.2) is 49.1 Å². The molecule has 2 atom stereocenters. The number of hydrogen-bond donors (Lipinski definition) is 2.